The molecule has 0 radical (unpaired) electrons. The lowest BCUT2D eigenvalue weighted by atomic mass is 9.91. The number of aliphatic carboxylic acids is 1. The topological polar surface area (TPSA) is 112 Å². The zero-order valence-corrected chi connectivity index (χ0v) is 26.6. The summed E-state index contributed by atoms with van der Waals surface area (Å²) in [5.74, 6) is -1.70. The van der Waals surface area contributed by atoms with Crippen molar-refractivity contribution in [1.29, 1.82) is 0 Å². The third-order valence-corrected chi connectivity index (χ3v) is 7.39. The van der Waals surface area contributed by atoms with Crippen LogP contribution < -0.4 is 15.0 Å². The smallest absolute Gasteiger partial charge is 0.324 e. The molecule has 0 aliphatic heterocycles. The molecule has 0 fully saturated rings. The molecular weight excluding hydrogens is 591 g/mol. The van der Waals surface area contributed by atoms with Gasteiger partial charge in [-0.25, -0.2) is 4.79 Å². The predicted octanol–water partition coefficient (Wildman–Crippen LogP) is 7.37. The van der Waals surface area contributed by atoms with E-state index in [0.717, 1.165) is 5.56 Å². The summed E-state index contributed by atoms with van der Waals surface area (Å²) in [5, 5.41) is 13.3. The van der Waals surface area contributed by atoms with Gasteiger partial charge in [-0.1, -0.05) is 55.2 Å². The quantitative estimate of drug-likeness (QED) is 0.204. The van der Waals surface area contributed by atoms with E-state index in [1.165, 1.54) is 12.4 Å². The fourth-order valence-corrected chi connectivity index (χ4v) is 5.21. The lowest BCUT2D eigenvalue weighted by Crippen LogP contribution is -2.45. The summed E-state index contributed by atoms with van der Waals surface area (Å²) >= 11 is 12.2. The molecule has 0 saturated heterocycles. The highest BCUT2D eigenvalue weighted by molar-refractivity contribution is 6.40. The average Bonchev–Trinajstić information content (AvgIpc) is 2.96. The number of carboxylic acid groups (broad SMARTS) is 1. The minimum absolute atomic E-state index is 0.116. The molecule has 230 valence electrons. The monoisotopic (exact) mass is 628 g/mol. The van der Waals surface area contributed by atoms with Crippen molar-refractivity contribution in [1.82, 2.24) is 9.88 Å². The first kappa shape index (κ1) is 33.7. The molecule has 0 bridgehead atoms. The molecule has 9 nitrogen and oxygen atoms in total. The molecule has 2 aromatic carbocycles. The van der Waals surface area contributed by atoms with Crippen molar-refractivity contribution in [3.05, 3.63) is 81.6 Å². The van der Waals surface area contributed by atoms with E-state index in [9.17, 15) is 19.5 Å². The molecule has 43 heavy (non-hydrogen) atoms. The Hall–Kier alpha value is -3.82. The zero-order chi connectivity index (χ0) is 31.7. The lowest BCUT2D eigenvalue weighted by Gasteiger charge is -2.32. The van der Waals surface area contributed by atoms with Gasteiger partial charge < -0.3 is 20.1 Å². The number of amides is 3. The Bertz CT molecular complexity index is 1410. The maximum Gasteiger partial charge on any atom is 0.324 e. The second-order valence-corrected chi connectivity index (χ2v) is 11.2. The third-order valence-electron chi connectivity index (χ3n) is 6.82. The van der Waals surface area contributed by atoms with Crippen molar-refractivity contribution in [2.24, 2.45) is 5.92 Å². The van der Waals surface area contributed by atoms with Crippen molar-refractivity contribution < 1.29 is 24.2 Å². The first-order chi connectivity index (χ1) is 20.5. The van der Waals surface area contributed by atoms with Gasteiger partial charge in [0.25, 0.3) is 5.91 Å². The van der Waals surface area contributed by atoms with Crippen LogP contribution in [0.25, 0.3) is 0 Å². The number of hydrogen-bond donors (Lipinski definition) is 2. The standard InChI is InChI=1S/C32H38Cl2N4O5/c1-6-37(7-2)32(42)38(19-20(4)5)27-16-22(11-14-28(27)43-8-3)24(31(40)41)15-21-9-12-23(13-10-21)36-30(39)29-25(33)17-35-18-26(29)34/h9-14,16-18,20,24H,6-8,15,19H2,1-5H3,(H,36,39)(H,40,41). The highest BCUT2D eigenvalue weighted by Crippen LogP contribution is 2.35. The van der Waals surface area contributed by atoms with E-state index in [2.05, 4.69) is 10.3 Å². The van der Waals surface area contributed by atoms with Gasteiger partial charge in [0.05, 0.1) is 33.8 Å². The number of nitrogens with zero attached hydrogens (tertiary/aromatic N) is 3. The Balaban J connectivity index is 1.91. The number of anilines is 2. The second kappa shape index (κ2) is 15.6. The molecule has 1 aromatic heterocycles. The fourth-order valence-electron chi connectivity index (χ4n) is 4.68. The third kappa shape index (κ3) is 8.61. The van der Waals surface area contributed by atoms with Gasteiger partial charge in [0.2, 0.25) is 0 Å². The number of carbonyl (C=O) groups excluding carboxylic acids is 2. The summed E-state index contributed by atoms with van der Waals surface area (Å²) < 4.78 is 5.89. The molecule has 3 aromatic rings. The number of carbonyl (C=O) groups is 3. The molecule has 0 saturated carbocycles. The molecule has 3 amide bonds. The number of nitrogens with one attached hydrogen (secondary N) is 1. The Kier molecular flexibility index (Phi) is 12.2. The van der Waals surface area contributed by atoms with Gasteiger partial charge in [0.1, 0.15) is 5.75 Å². The van der Waals surface area contributed by atoms with Crippen LogP contribution >= 0.6 is 23.2 Å². The Labute approximate surface area is 262 Å². The van der Waals surface area contributed by atoms with Crippen molar-refractivity contribution in [2.45, 2.75) is 47.0 Å². The minimum atomic E-state index is -1.00. The summed E-state index contributed by atoms with van der Waals surface area (Å²) in [6.45, 7) is 11.7. The number of ether oxygens (including phenoxy) is 1. The number of urea groups is 1. The van der Waals surface area contributed by atoms with Gasteiger partial charge in [-0.2, -0.15) is 0 Å². The van der Waals surface area contributed by atoms with Crippen LogP contribution in [0.4, 0.5) is 16.2 Å². The van der Waals surface area contributed by atoms with E-state index < -0.39 is 17.8 Å². The molecule has 11 heteroatoms. The highest BCUT2D eigenvalue weighted by atomic mass is 35.5. The fraction of sp³-hybridized carbons (Fsp3) is 0.375. The van der Waals surface area contributed by atoms with E-state index in [1.54, 1.807) is 52.3 Å². The van der Waals surface area contributed by atoms with Crippen LogP contribution in [-0.2, 0) is 11.2 Å². The van der Waals surface area contributed by atoms with Crippen LogP contribution in [0.1, 0.15) is 62.0 Å². The van der Waals surface area contributed by atoms with Gasteiger partial charge in [-0.15, -0.1) is 0 Å². The summed E-state index contributed by atoms with van der Waals surface area (Å²) in [6.07, 6.45) is 2.87. The van der Waals surface area contributed by atoms with E-state index in [-0.39, 0.29) is 34.0 Å². The van der Waals surface area contributed by atoms with Crippen LogP contribution in [0.15, 0.2) is 54.9 Å². The van der Waals surface area contributed by atoms with Gasteiger partial charge in [-0.3, -0.25) is 19.5 Å². The lowest BCUT2D eigenvalue weighted by molar-refractivity contribution is -0.138. The van der Waals surface area contributed by atoms with Gasteiger partial charge in [0.15, 0.2) is 0 Å². The molecule has 1 unspecified atom stereocenters. The summed E-state index contributed by atoms with van der Waals surface area (Å²) in [6, 6.07) is 12.0. The zero-order valence-electron chi connectivity index (χ0n) is 25.1. The van der Waals surface area contributed by atoms with Gasteiger partial charge >= 0.3 is 12.0 Å². The van der Waals surface area contributed by atoms with Gasteiger partial charge in [-0.05, 0) is 68.5 Å². The summed E-state index contributed by atoms with van der Waals surface area (Å²) in [7, 11) is 0. The van der Waals surface area contributed by atoms with Crippen LogP contribution in [0, 0.1) is 5.92 Å². The predicted molar refractivity (Wildman–Crippen MR) is 171 cm³/mol. The van der Waals surface area contributed by atoms with Crippen molar-refractivity contribution in [3.63, 3.8) is 0 Å². The highest BCUT2D eigenvalue weighted by Gasteiger charge is 2.28. The Morgan fingerprint density at radius 1 is 0.977 bits per heavy atom. The SMILES string of the molecule is CCOc1ccc(C(Cc2ccc(NC(=O)c3c(Cl)cncc3Cl)cc2)C(=O)O)cc1N(CC(C)C)C(=O)N(CC)CC. The molecule has 1 heterocycles. The van der Waals surface area contributed by atoms with Crippen molar-refractivity contribution in [3.8, 4) is 5.75 Å². The van der Waals surface area contributed by atoms with Crippen LogP contribution in [0.2, 0.25) is 10.0 Å². The number of carboxylic acids is 1. The maximum atomic E-state index is 13.6. The number of rotatable bonds is 13. The molecular formula is C32H38Cl2N4O5. The van der Waals surface area contributed by atoms with Crippen LogP contribution in [0.5, 0.6) is 5.75 Å². The number of benzene rings is 2. The molecule has 0 aliphatic carbocycles. The summed E-state index contributed by atoms with van der Waals surface area (Å²) in [5.41, 5.74) is 2.45. The molecule has 0 spiro atoms. The normalized spacial score (nSPS) is 11.6. The van der Waals surface area contributed by atoms with E-state index >= 15 is 0 Å². The van der Waals surface area contributed by atoms with Crippen molar-refractivity contribution >= 4 is 52.5 Å². The average molecular weight is 630 g/mol. The van der Waals surface area contributed by atoms with E-state index in [0.29, 0.717) is 48.9 Å². The van der Waals surface area contributed by atoms with E-state index in [4.69, 9.17) is 27.9 Å². The largest absolute Gasteiger partial charge is 0.492 e. The molecule has 3 rings (SSSR count). The number of hydrogen-bond acceptors (Lipinski definition) is 5. The van der Waals surface area contributed by atoms with Crippen LogP contribution in [0.3, 0.4) is 0 Å². The minimum Gasteiger partial charge on any atom is -0.492 e. The Morgan fingerprint density at radius 2 is 1.60 bits per heavy atom. The van der Waals surface area contributed by atoms with Crippen molar-refractivity contribution in [2.75, 3.05) is 36.5 Å². The molecule has 0 aliphatic rings. The van der Waals surface area contributed by atoms with Crippen LogP contribution in [-0.4, -0.2) is 59.1 Å². The first-order valence-electron chi connectivity index (χ1n) is 14.3. The van der Waals surface area contributed by atoms with Gasteiger partial charge in [0, 0.05) is 37.7 Å². The molecule has 2 N–H and O–H groups in total. The van der Waals surface area contributed by atoms with E-state index in [1.807, 2.05) is 34.6 Å². The number of halogens is 2. The first-order valence-corrected chi connectivity index (χ1v) is 15.0. The Morgan fingerprint density at radius 3 is 2.14 bits per heavy atom. The second-order valence-electron chi connectivity index (χ2n) is 10.3. The summed E-state index contributed by atoms with van der Waals surface area (Å²) in [4.78, 5) is 46.1. The maximum absolute atomic E-state index is 13.6. The number of pyridine rings is 1. The molecule has 1 atom stereocenters. The number of aromatic nitrogens is 1.